The van der Waals surface area contributed by atoms with Gasteiger partial charge in [0.1, 0.15) is 10.1 Å². The van der Waals surface area contributed by atoms with Crippen molar-refractivity contribution >= 4 is 69.2 Å². The summed E-state index contributed by atoms with van der Waals surface area (Å²) in [6.07, 6.45) is -9.28. The van der Waals surface area contributed by atoms with Crippen LogP contribution in [-0.4, -0.2) is 38.7 Å². The summed E-state index contributed by atoms with van der Waals surface area (Å²) in [6.45, 7) is -0.160. The van der Waals surface area contributed by atoms with Crippen LogP contribution in [0.2, 0.25) is 0 Å². The summed E-state index contributed by atoms with van der Waals surface area (Å²) in [6, 6.07) is 6.15. The van der Waals surface area contributed by atoms with Gasteiger partial charge in [0.2, 0.25) is 5.91 Å². The number of anilines is 1. The van der Waals surface area contributed by atoms with E-state index in [1.807, 2.05) is 0 Å². The Bertz CT molecular complexity index is 1620. The third-order valence-electron chi connectivity index (χ3n) is 5.91. The predicted octanol–water partition coefficient (Wildman–Crippen LogP) is 7.45. The number of hydrogen-bond acceptors (Lipinski definition) is 6. The number of carbonyl (C=O) groups is 3. The fourth-order valence-corrected chi connectivity index (χ4v) is 6.12. The summed E-state index contributed by atoms with van der Waals surface area (Å²) < 4.78 is 93.8. The second-order valence-corrected chi connectivity index (χ2v) is 11.7. The van der Waals surface area contributed by atoms with Crippen LogP contribution >= 0.6 is 35.3 Å². The summed E-state index contributed by atoms with van der Waals surface area (Å²) in [7, 11) is 0. The minimum Gasteiger partial charge on any atom is -0.481 e. The first-order chi connectivity index (χ1) is 20.0. The molecule has 0 saturated carbocycles. The number of benzene rings is 2. The van der Waals surface area contributed by atoms with Crippen LogP contribution < -0.4 is 5.32 Å². The molecule has 6 nitrogen and oxygen atoms in total. The van der Waals surface area contributed by atoms with E-state index < -0.39 is 53.5 Å². The van der Waals surface area contributed by atoms with Gasteiger partial charge in [-0.3, -0.25) is 19.3 Å². The topological polar surface area (TPSA) is 86.7 Å². The number of halogens is 7. The number of thioether (sulfide) groups is 1. The van der Waals surface area contributed by atoms with Crippen molar-refractivity contribution < 1.29 is 50.2 Å². The van der Waals surface area contributed by atoms with Crippen molar-refractivity contribution in [1.29, 1.82) is 0 Å². The van der Waals surface area contributed by atoms with Crippen LogP contribution in [0.4, 0.5) is 36.4 Å². The van der Waals surface area contributed by atoms with E-state index in [-0.39, 0.29) is 50.6 Å². The minimum atomic E-state index is -5.00. The monoisotopic (exact) mass is 662 g/mol. The third-order valence-corrected chi connectivity index (χ3v) is 8.17. The number of thiophene rings is 1. The van der Waals surface area contributed by atoms with E-state index in [1.54, 1.807) is 0 Å². The number of nitrogens with one attached hydrogen (secondary N) is 1. The van der Waals surface area contributed by atoms with Crippen molar-refractivity contribution in [2.45, 2.75) is 25.2 Å². The lowest BCUT2D eigenvalue weighted by Gasteiger charge is -2.14. The zero-order chi connectivity index (χ0) is 31.7. The number of alkyl halides is 6. The van der Waals surface area contributed by atoms with Gasteiger partial charge in [-0.05, 0) is 64.5 Å². The number of aliphatic carboxylic acids is 1. The van der Waals surface area contributed by atoms with Gasteiger partial charge in [-0.25, -0.2) is 4.39 Å². The molecule has 2 N–H and O–H groups in total. The van der Waals surface area contributed by atoms with E-state index in [1.165, 1.54) is 29.7 Å². The van der Waals surface area contributed by atoms with Crippen LogP contribution in [0.25, 0.3) is 17.2 Å². The molecular formula is C27H17F7N2O4S3. The number of nitrogens with zero attached hydrogens (tertiary/aromatic N) is 1. The smallest absolute Gasteiger partial charge is 0.416 e. The van der Waals surface area contributed by atoms with Crippen molar-refractivity contribution in [2.24, 2.45) is 0 Å². The van der Waals surface area contributed by atoms with Gasteiger partial charge in [0.05, 0.1) is 28.1 Å². The molecule has 0 atom stereocenters. The van der Waals surface area contributed by atoms with Gasteiger partial charge in [0.25, 0.3) is 5.91 Å². The number of rotatable bonds is 8. The molecule has 43 heavy (non-hydrogen) atoms. The molecule has 3 aromatic rings. The van der Waals surface area contributed by atoms with E-state index in [0.29, 0.717) is 17.0 Å². The molecule has 226 valence electrons. The zero-order valence-corrected chi connectivity index (χ0v) is 23.8. The zero-order valence-electron chi connectivity index (χ0n) is 21.3. The molecule has 0 spiro atoms. The van der Waals surface area contributed by atoms with E-state index in [9.17, 15) is 45.1 Å². The lowest BCUT2D eigenvalue weighted by Crippen LogP contribution is -2.31. The highest BCUT2D eigenvalue weighted by Gasteiger charge is 2.37. The SMILES string of the molecule is O=C(O)Cc1ccc(NC(=O)CCN2C(=O)/C(=C/c3cc(-c4cc(C(F)(F)F)cc(C(F)(F)F)c4)cs3)SC2=S)c(F)c1. The van der Waals surface area contributed by atoms with Gasteiger partial charge >= 0.3 is 18.3 Å². The highest BCUT2D eigenvalue weighted by atomic mass is 32.2. The quantitative estimate of drug-likeness (QED) is 0.148. The molecule has 1 aliphatic heterocycles. The molecule has 1 aliphatic rings. The normalized spacial score (nSPS) is 15.0. The molecule has 1 aromatic heterocycles. The molecule has 2 amide bonds. The average Bonchev–Trinajstić information content (AvgIpc) is 3.47. The van der Waals surface area contributed by atoms with Gasteiger partial charge in [-0.2, -0.15) is 26.3 Å². The fourth-order valence-electron chi connectivity index (χ4n) is 3.89. The van der Waals surface area contributed by atoms with Gasteiger partial charge in [0.15, 0.2) is 0 Å². The molecule has 4 rings (SSSR count). The maximum atomic E-state index is 14.2. The van der Waals surface area contributed by atoms with Gasteiger partial charge in [0, 0.05) is 17.8 Å². The van der Waals surface area contributed by atoms with Crippen LogP contribution in [0.3, 0.4) is 0 Å². The third kappa shape index (κ3) is 8.00. The first-order valence-electron chi connectivity index (χ1n) is 11.9. The van der Waals surface area contributed by atoms with E-state index in [2.05, 4.69) is 5.32 Å². The minimum absolute atomic E-state index is 0.0386. The Kier molecular flexibility index (Phi) is 9.32. The predicted molar refractivity (Wildman–Crippen MR) is 151 cm³/mol. The van der Waals surface area contributed by atoms with Crippen LogP contribution in [0.15, 0.2) is 52.7 Å². The van der Waals surface area contributed by atoms with Crippen LogP contribution in [0.1, 0.15) is 28.0 Å². The summed E-state index contributed by atoms with van der Waals surface area (Å²) in [5, 5.41) is 12.5. The van der Waals surface area contributed by atoms with Crippen LogP contribution in [0.5, 0.6) is 0 Å². The number of thiocarbonyl (C=S) groups is 1. The maximum Gasteiger partial charge on any atom is 0.416 e. The summed E-state index contributed by atoms with van der Waals surface area (Å²) in [5.41, 5.74) is -3.10. The molecule has 0 bridgehead atoms. The standard InChI is InChI=1S/C27H17F7N2O4S3/c28-19-5-13(6-23(38)39)1-2-20(19)35-22(37)3-4-36-24(40)21(43-25(36)41)11-18-9-15(12-42-18)14-7-16(26(29,30)31)10-17(8-14)27(32,33)34/h1-2,5,7-12H,3-4,6H2,(H,35,37)(H,38,39)/b21-11-. The summed E-state index contributed by atoms with van der Waals surface area (Å²) in [4.78, 5) is 37.7. The number of hydrogen-bond donors (Lipinski definition) is 2. The molecule has 0 unspecified atom stereocenters. The summed E-state index contributed by atoms with van der Waals surface area (Å²) in [5.74, 6) is -3.20. The molecule has 1 fully saturated rings. The van der Waals surface area contributed by atoms with E-state index in [4.69, 9.17) is 17.3 Å². The lowest BCUT2D eigenvalue weighted by atomic mass is 10.0. The van der Waals surface area contributed by atoms with Crippen molar-refractivity contribution in [3.8, 4) is 11.1 Å². The van der Waals surface area contributed by atoms with Crippen molar-refractivity contribution in [1.82, 2.24) is 4.90 Å². The second kappa shape index (κ2) is 12.5. The van der Waals surface area contributed by atoms with Gasteiger partial charge < -0.3 is 10.4 Å². The number of carboxylic acids is 1. The Labute approximate surface area is 252 Å². The highest BCUT2D eigenvalue weighted by Crippen LogP contribution is 2.40. The van der Waals surface area contributed by atoms with E-state index >= 15 is 0 Å². The molecule has 0 aliphatic carbocycles. The number of carboxylic acid groups (broad SMARTS) is 1. The Morgan fingerprint density at radius 2 is 1.63 bits per heavy atom. The molecule has 2 aromatic carbocycles. The molecule has 16 heteroatoms. The number of amides is 2. The number of carbonyl (C=O) groups excluding carboxylic acids is 2. The van der Waals surface area contributed by atoms with Gasteiger partial charge in [-0.1, -0.05) is 30.0 Å². The first-order valence-corrected chi connectivity index (χ1v) is 14.1. The highest BCUT2D eigenvalue weighted by molar-refractivity contribution is 8.26. The average molecular weight is 663 g/mol. The van der Waals surface area contributed by atoms with Crippen LogP contribution in [-0.2, 0) is 33.2 Å². The summed E-state index contributed by atoms with van der Waals surface area (Å²) >= 11 is 7.11. The molecule has 2 heterocycles. The van der Waals surface area contributed by atoms with E-state index in [0.717, 1.165) is 34.1 Å². The Balaban J connectivity index is 1.44. The van der Waals surface area contributed by atoms with Gasteiger partial charge in [-0.15, -0.1) is 11.3 Å². The molecule has 0 radical (unpaired) electrons. The maximum absolute atomic E-state index is 14.2. The second-order valence-electron chi connectivity index (χ2n) is 9.05. The van der Waals surface area contributed by atoms with Crippen LogP contribution in [0, 0.1) is 5.82 Å². The Hall–Kier alpha value is -3.76. The lowest BCUT2D eigenvalue weighted by molar-refractivity contribution is -0.143. The van der Waals surface area contributed by atoms with Crippen molar-refractivity contribution in [3.05, 3.63) is 80.1 Å². The Morgan fingerprint density at radius 3 is 2.21 bits per heavy atom. The molecule has 1 saturated heterocycles. The largest absolute Gasteiger partial charge is 0.481 e. The Morgan fingerprint density at radius 1 is 0.977 bits per heavy atom. The van der Waals surface area contributed by atoms with Crippen molar-refractivity contribution in [3.63, 3.8) is 0 Å². The van der Waals surface area contributed by atoms with Crippen molar-refractivity contribution in [2.75, 3.05) is 11.9 Å². The molecular weight excluding hydrogens is 645 g/mol. The first kappa shape index (κ1) is 32.2. The fraction of sp³-hybridized carbons (Fsp3) is 0.185.